The van der Waals surface area contributed by atoms with Gasteiger partial charge in [0.25, 0.3) is 11.8 Å². The predicted octanol–water partition coefficient (Wildman–Crippen LogP) is 0.644. The van der Waals surface area contributed by atoms with Crippen LogP contribution in [0.2, 0.25) is 0 Å². The van der Waals surface area contributed by atoms with Gasteiger partial charge >= 0.3 is 0 Å². The Kier molecular flexibility index (Phi) is 4.99. The van der Waals surface area contributed by atoms with Crippen molar-refractivity contribution in [2.45, 2.75) is 43.6 Å². The lowest BCUT2D eigenvalue weighted by Gasteiger charge is -2.43. The maximum Gasteiger partial charge on any atom is 0.274 e. The monoisotopic (exact) mass is 479 g/mol. The molecule has 4 N–H and O–H groups in total. The molecule has 1 aromatic heterocycles. The fourth-order valence-corrected chi connectivity index (χ4v) is 5.38. The minimum absolute atomic E-state index is 0.0133. The number of amides is 2. The number of hydrogen-bond acceptors (Lipinski definition) is 6. The van der Waals surface area contributed by atoms with Gasteiger partial charge < -0.3 is 30.1 Å². The highest BCUT2D eigenvalue weighted by Crippen LogP contribution is 2.49. The molecule has 5 rings (SSSR count). The third-order valence-corrected chi connectivity index (χ3v) is 6.96. The first-order valence-electron chi connectivity index (χ1n) is 10.7. The molecule has 4 heterocycles. The van der Waals surface area contributed by atoms with Gasteiger partial charge in [-0.2, -0.15) is 0 Å². The molecular weight excluding hydrogens is 459 g/mol. The number of aromatic nitrogens is 1. The first-order valence-corrected chi connectivity index (χ1v) is 10.7. The van der Waals surface area contributed by atoms with E-state index in [0.29, 0.717) is 37.9 Å². The summed E-state index contributed by atoms with van der Waals surface area (Å²) in [5, 5.41) is 34.7. The second-order valence-corrected chi connectivity index (χ2v) is 8.83. The molecule has 3 aliphatic rings. The van der Waals surface area contributed by atoms with Crippen LogP contribution in [0.5, 0.6) is 5.75 Å². The van der Waals surface area contributed by atoms with Crippen LogP contribution in [0, 0.1) is 17.5 Å². The van der Waals surface area contributed by atoms with Gasteiger partial charge in [0.15, 0.2) is 11.4 Å². The van der Waals surface area contributed by atoms with Gasteiger partial charge in [-0.3, -0.25) is 14.4 Å². The van der Waals surface area contributed by atoms with Gasteiger partial charge in [-0.1, -0.05) is 0 Å². The van der Waals surface area contributed by atoms with Crippen LogP contribution in [0.4, 0.5) is 13.2 Å². The van der Waals surface area contributed by atoms with E-state index < -0.39 is 81.6 Å². The van der Waals surface area contributed by atoms with E-state index >= 15 is 0 Å². The number of hydrogen-bond donors (Lipinski definition) is 4. The molecule has 0 radical (unpaired) electrons. The lowest BCUT2D eigenvalue weighted by molar-refractivity contribution is -0.0431. The highest BCUT2D eigenvalue weighted by atomic mass is 19.1. The molecule has 3 atom stereocenters. The Morgan fingerprint density at radius 1 is 1.15 bits per heavy atom. The van der Waals surface area contributed by atoms with Gasteiger partial charge in [0.05, 0.1) is 11.2 Å². The molecule has 34 heavy (non-hydrogen) atoms. The van der Waals surface area contributed by atoms with Crippen molar-refractivity contribution in [3.05, 3.63) is 62.3 Å². The molecule has 0 aliphatic carbocycles. The number of aromatic hydroxyl groups is 1. The lowest BCUT2D eigenvalue weighted by atomic mass is 9.86. The Balaban J connectivity index is 1.64. The van der Waals surface area contributed by atoms with Crippen molar-refractivity contribution in [2.24, 2.45) is 0 Å². The normalized spacial score (nSPS) is 25.2. The van der Waals surface area contributed by atoms with Crippen molar-refractivity contribution in [3.8, 4) is 5.75 Å². The number of halogens is 3. The van der Waals surface area contributed by atoms with Crippen LogP contribution in [-0.2, 0) is 12.1 Å². The lowest BCUT2D eigenvalue weighted by Crippen LogP contribution is -2.56. The number of pyridine rings is 1. The van der Waals surface area contributed by atoms with Crippen molar-refractivity contribution in [1.82, 2.24) is 14.8 Å². The Morgan fingerprint density at radius 2 is 1.82 bits per heavy atom. The molecule has 1 fully saturated rings. The molecule has 3 aliphatic heterocycles. The third kappa shape index (κ3) is 2.91. The third-order valence-electron chi connectivity index (χ3n) is 6.96. The maximum absolute atomic E-state index is 14.0. The van der Waals surface area contributed by atoms with E-state index in [-0.39, 0.29) is 12.2 Å². The van der Waals surface area contributed by atoms with Crippen LogP contribution in [-0.4, -0.2) is 55.8 Å². The average molecular weight is 479 g/mol. The fraction of sp³-hybridized carbons (Fsp3) is 0.409. The van der Waals surface area contributed by atoms with Crippen molar-refractivity contribution < 1.29 is 38.1 Å². The number of nitrogens with zero attached hydrogens (tertiary/aromatic N) is 2. The summed E-state index contributed by atoms with van der Waals surface area (Å²) in [6, 6.07) is 0.855. The van der Waals surface area contributed by atoms with Crippen LogP contribution in [0.1, 0.15) is 57.5 Å². The molecule has 0 saturated carbocycles. The van der Waals surface area contributed by atoms with Crippen molar-refractivity contribution in [1.29, 1.82) is 0 Å². The van der Waals surface area contributed by atoms with Crippen LogP contribution in [0.3, 0.4) is 0 Å². The minimum Gasteiger partial charge on any atom is -0.503 e. The van der Waals surface area contributed by atoms with E-state index in [4.69, 9.17) is 0 Å². The van der Waals surface area contributed by atoms with Crippen LogP contribution in [0.15, 0.2) is 16.9 Å². The molecule has 1 spiro atoms. The molecule has 1 saturated heterocycles. The number of fused-ring (bicyclic) bond motifs is 1. The van der Waals surface area contributed by atoms with Crippen molar-refractivity contribution in [2.75, 3.05) is 13.1 Å². The first-order chi connectivity index (χ1) is 16.1. The SMILES string of the molecule is O=C(NCc1c(F)cc(F)cc1F)c1c2n3c(c(O)c1=O)C(=O)N1CCCC[C@@]3(C1)[C@@H](O)[C@@H]2O. The zero-order chi connectivity index (χ0) is 24.5. The molecule has 2 bridgehead atoms. The zero-order valence-electron chi connectivity index (χ0n) is 17.6. The number of carbonyl (C=O) groups is 2. The summed E-state index contributed by atoms with van der Waals surface area (Å²) in [6.45, 7) is -0.419. The van der Waals surface area contributed by atoms with Crippen molar-refractivity contribution >= 4 is 11.8 Å². The van der Waals surface area contributed by atoms with E-state index in [9.17, 15) is 42.9 Å². The number of nitrogens with one attached hydrogen (secondary N) is 1. The summed E-state index contributed by atoms with van der Waals surface area (Å²) in [4.78, 5) is 40.4. The van der Waals surface area contributed by atoms with E-state index in [2.05, 4.69) is 5.32 Å². The smallest absolute Gasteiger partial charge is 0.274 e. The average Bonchev–Trinajstić information content (AvgIpc) is 2.92. The zero-order valence-corrected chi connectivity index (χ0v) is 17.6. The number of rotatable bonds is 3. The summed E-state index contributed by atoms with van der Waals surface area (Å²) in [6.07, 6.45) is -1.74. The second-order valence-electron chi connectivity index (χ2n) is 8.83. The highest BCUT2D eigenvalue weighted by Gasteiger charge is 2.59. The number of aliphatic hydroxyl groups excluding tert-OH is 2. The summed E-state index contributed by atoms with van der Waals surface area (Å²) in [7, 11) is 0. The number of aliphatic hydroxyl groups is 2. The quantitative estimate of drug-likeness (QED) is 0.511. The first kappa shape index (κ1) is 22.4. The van der Waals surface area contributed by atoms with Gasteiger partial charge in [-0.15, -0.1) is 0 Å². The topological polar surface area (TPSA) is 132 Å². The van der Waals surface area contributed by atoms with Crippen LogP contribution >= 0.6 is 0 Å². The molecule has 0 unspecified atom stereocenters. The van der Waals surface area contributed by atoms with Gasteiger partial charge in [-0.25, -0.2) is 13.2 Å². The second kappa shape index (κ2) is 7.57. The molecule has 2 amide bonds. The van der Waals surface area contributed by atoms with E-state index in [0.717, 1.165) is 0 Å². The van der Waals surface area contributed by atoms with Gasteiger partial charge in [0, 0.05) is 37.3 Å². The summed E-state index contributed by atoms with van der Waals surface area (Å²) in [5.74, 6) is -6.55. The molecule has 180 valence electrons. The Hall–Kier alpha value is -3.38. The van der Waals surface area contributed by atoms with Crippen LogP contribution in [0.25, 0.3) is 0 Å². The molecule has 2 aromatic rings. The fourth-order valence-electron chi connectivity index (χ4n) is 5.38. The molecule has 9 nitrogen and oxygen atoms in total. The minimum atomic E-state index is -1.74. The van der Waals surface area contributed by atoms with Gasteiger partial charge in [0.1, 0.15) is 35.2 Å². The highest BCUT2D eigenvalue weighted by molar-refractivity contribution is 6.00. The van der Waals surface area contributed by atoms with Crippen LogP contribution < -0.4 is 10.7 Å². The molecule has 1 aromatic carbocycles. The van der Waals surface area contributed by atoms with Gasteiger partial charge in [0.2, 0.25) is 5.43 Å². The summed E-state index contributed by atoms with van der Waals surface area (Å²) < 4.78 is 42.3. The Morgan fingerprint density at radius 3 is 2.50 bits per heavy atom. The molecular formula is C22H20F3N3O6. The molecule has 12 heteroatoms. The van der Waals surface area contributed by atoms with E-state index in [1.807, 2.05) is 0 Å². The van der Waals surface area contributed by atoms with E-state index in [1.165, 1.54) is 9.47 Å². The van der Waals surface area contributed by atoms with E-state index in [1.54, 1.807) is 0 Å². The Bertz CT molecular complexity index is 1290. The summed E-state index contributed by atoms with van der Waals surface area (Å²) >= 11 is 0. The Labute approximate surface area is 190 Å². The largest absolute Gasteiger partial charge is 0.503 e. The summed E-state index contributed by atoms with van der Waals surface area (Å²) in [5.41, 5.74) is -4.72. The maximum atomic E-state index is 14.0. The standard InChI is InChI=1S/C22H20F3N3O6/c23-9-5-11(24)10(12(25)6-9)7-26-20(33)13-14-18(31)19(32)22-3-1-2-4-27(8-22)21(34)15(28(14)22)17(30)16(13)29/h5-6,18-19,30-32H,1-4,7-8H2,(H,26,33)/t18-,19+,22-/m1/s1. The number of carbonyl (C=O) groups excluding carboxylic acids is 2. The predicted molar refractivity (Wildman–Crippen MR) is 109 cm³/mol. The van der Waals surface area contributed by atoms with Gasteiger partial charge in [-0.05, 0) is 19.3 Å². The van der Waals surface area contributed by atoms with Crippen molar-refractivity contribution in [3.63, 3.8) is 0 Å². The number of benzene rings is 1.